The minimum Gasteiger partial charge on any atom is -0.355 e. The zero-order chi connectivity index (χ0) is 14.5. The first-order chi connectivity index (χ1) is 8.76. The number of hydrogen-bond donors (Lipinski definition) is 2. The Morgan fingerprint density at radius 3 is 2.32 bits per heavy atom. The lowest BCUT2D eigenvalue weighted by atomic mass is 9.75. The predicted octanol–water partition coefficient (Wildman–Crippen LogP) is 3.08. The average molecular weight is 268 g/mol. The van der Waals surface area contributed by atoms with Gasteiger partial charge in [0.15, 0.2) is 0 Å². The molecule has 1 atom stereocenters. The van der Waals surface area contributed by atoms with Crippen molar-refractivity contribution in [2.75, 3.05) is 13.1 Å². The zero-order valence-electron chi connectivity index (χ0n) is 13.2. The summed E-state index contributed by atoms with van der Waals surface area (Å²) in [4.78, 5) is 12.2. The minimum atomic E-state index is -0.0489. The Hall–Kier alpha value is -0.570. The average Bonchev–Trinajstić information content (AvgIpc) is 2.33. The van der Waals surface area contributed by atoms with E-state index < -0.39 is 0 Å². The van der Waals surface area contributed by atoms with Gasteiger partial charge in [0.05, 0.1) is 5.92 Å². The molecule has 1 fully saturated rings. The van der Waals surface area contributed by atoms with Crippen molar-refractivity contribution in [2.45, 2.75) is 66.2 Å². The van der Waals surface area contributed by atoms with Crippen LogP contribution in [0.1, 0.15) is 66.2 Å². The second-order valence-corrected chi connectivity index (χ2v) is 7.79. The Balaban J connectivity index is 2.44. The monoisotopic (exact) mass is 268 g/mol. The molecule has 0 heterocycles. The van der Waals surface area contributed by atoms with Crippen molar-refractivity contribution in [3.8, 4) is 0 Å². The van der Waals surface area contributed by atoms with Gasteiger partial charge in [0.25, 0.3) is 0 Å². The Morgan fingerprint density at radius 1 is 1.26 bits per heavy atom. The summed E-state index contributed by atoms with van der Waals surface area (Å²) < 4.78 is 0. The van der Waals surface area contributed by atoms with Crippen LogP contribution in [-0.4, -0.2) is 19.0 Å². The molecule has 0 radical (unpaired) electrons. The van der Waals surface area contributed by atoms with E-state index in [4.69, 9.17) is 5.73 Å². The lowest BCUT2D eigenvalue weighted by Crippen LogP contribution is -2.42. The number of nitrogens with one attached hydrogen (secondary N) is 1. The third kappa shape index (κ3) is 5.94. The highest BCUT2D eigenvalue weighted by Gasteiger charge is 2.29. The minimum absolute atomic E-state index is 0.0489. The molecule has 0 aromatic rings. The summed E-state index contributed by atoms with van der Waals surface area (Å²) in [7, 11) is 0. The van der Waals surface area contributed by atoms with Crippen LogP contribution in [0.5, 0.6) is 0 Å². The molecule has 0 aromatic heterocycles. The highest BCUT2D eigenvalue weighted by molar-refractivity contribution is 5.78. The molecule has 0 saturated heterocycles. The van der Waals surface area contributed by atoms with E-state index in [-0.39, 0.29) is 17.2 Å². The summed E-state index contributed by atoms with van der Waals surface area (Å²) in [5, 5.41) is 3.15. The van der Waals surface area contributed by atoms with Gasteiger partial charge in [0.1, 0.15) is 0 Å². The molecular weight excluding hydrogens is 236 g/mol. The van der Waals surface area contributed by atoms with Crippen molar-refractivity contribution in [1.29, 1.82) is 0 Å². The molecular formula is C16H32N2O. The quantitative estimate of drug-likeness (QED) is 0.805. The summed E-state index contributed by atoms with van der Waals surface area (Å²) >= 11 is 0. The summed E-state index contributed by atoms with van der Waals surface area (Å²) in [5.74, 6) is 0.0939. The molecule has 1 rings (SSSR count). The molecule has 19 heavy (non-hydrogen) atoms. The molecule has 0 spiro atoms. The van der Waals surface area contributed by atoms with Crippen molar-refractivity contribution >= 4 is 5.91 Å². The summed E-state index contributed by atoms with van der Waals surface area (Å²) in [6, 6.07) is 0. The fourth-order valence-electron chi connectivity index (χ4n) is 3.05. The summed E-state index contributed by atoms with van der Waals surface area (Å²) in [5.41, 5.74) is 6.21. The maximum Gasteiger partial charge on any atom is 0.224 e. The number of carbonyl (C=O) groups is 1. The van der Waals surface area contributed by atoms with E-state index >= 15 is 0 Å². The highest BCUT2D eigenvalue weighted by atomic mass is 16.1. The molecule has 1 saturated carbocycles. The number of hydrogen-bond acceptors (Lipinski definition) is 2. The first-order valence-corrected chi connectivity index (χ1v) is 7.74. The molecule has 0 aromatic carbocycles. The molecule has 3 N–H and O–H groups in total. The first-order valence-electron chi connectivity index (χ1n) is 7.74. The van der Waals surface area contributed by atoms with Gasteiger partial charge in [-0.3, -0.25) is 4.79 Å². The standard InChI is InChI=1S/C16H32N2O/c1-15(2,3)10-13(11-17)14(19)18-12-16(4)8-6-5-7-9-16/h13H,5-12,17H2,1-4H3,(H,18,19). The topological polar surface area (TPSA) is 55.1 Å². The third-order valence-electron chi connectivity index (χ3n) is 4.26. The van der Waals surface area contributed by atoms with Crippen LogP contribution < -0.4 is 11.1 Å². The Morgan fingerprint density at radius 2 is 1.84 bits per heavy atom. The smallest absolute Gasteiger partial charge is 0.224 e. The summed E-state index contributed by atoms with van der Waals surface area (Å²) in [6.45, 7) is 10.0. The van der Waals surface area contributed by atoms with Gasteiger partial charge in [-0.1, -0.05) is 47.0 Å². The molecule has 1 unspecified atom stereocenters. The maximum absolute atomic E-state index is 12.2. The molecule has 0 aliphatic heterocycles. The molecule has 3 heteroatoms. The molecule has 1 amide bonds. The third-order valence-corrected chi connectivity index (χ3v) is 4.26. The number of rotatable bonds is 5. The van der Waals surface area contributed by atoms with Crippen molar-refractivity contribution in [3.63, 3.8) is 0 Å². The van der Waals surface area contributed by atoms with Crippen molar-refractivity contribution in [3.05, 3.63) is 0 Å². The number of nitrogens with two attached hydrogens (primary N) is 1. The molecule has 112 valence electrons. The largest absolute Gasteiger partial charge is 0.355 e. The van der Waals surface area contributed by atoms with Gasteiger partial charge in [-0.15, -0.1) is 0 Å². The highest BCUT2D eigenvalue weighted by Crippen LogP contribution is 2.35. The lowest BCUT2D eigenvalue weighted by molar-refractivity contribution is -0.126. The van der Waals surface area contributed by atoms with E-state index in [1.807, 2.05) is 0 Å². The Bertz CT molecular complexity index is 288. The molecule has 1 aliphatic carbocycles. The van der Waals surface area contributed by atoms with E-state index in [1.54, 1.807) is 0 Å². The lowest BCUT2D eigenvalue weighted by Gasteiger charge is -2.34. The van der Waals surface area contributed by atoms with Crippen LogP contribution in [0.2, 0.25) is 0 Å². The van der Waals surface area contributed by atoms with Crippen LogP contribution in [0.15, 0.2) is 0 Å². The van der Waals surface area contributed by atoms with E-state index in [2.05, 4.69) is 33.0 Å². The number of amides is 1. The van der Waals surface area contributed by atoms with Gasteiger partial charge in [-0.05, 0) is 30.1 Å². The van der Waals surface area contributed by atoms with E-state index in [1.165, 1.54) is 32.1 Å². The van der Waals surface area contributed by atoms with Crippen LogP contribution in [0, 0.1) is 16.7 Å². The van der Waals surface area contributed by atoms with Crippen molar-refractivity contribution in [2.24, 2.45) is 22.5 Å². The predicted molar refractivity (Wildman–Crippen MR) is 80.8 cm³/mol. The van der Waals surface area contributed by atoms with E-state index in [0.29, 0.717) is 12.0 Å². The fourth-order valence-corrected chi connectivity index (χ4v) is 3.05. The van der Waals surface area contributed by atoms with Crippen LogP contribution in [0.3, 0.4) is 0 Å². The van der Waals surface area contributed by atoms with Crippen LogP contribution in [0.4, 0.5) is 0 Å². The van der Waals surface area contributed by atoms with Crippen molar-refractivity contribution < 1.29 is 4.79 Å². The van der Waals surface area contributed by atoms with Gasteiger partial charge in [-0.25, -0.2) is 0 Å². The Labute approximate surface area is 118 Å². The molecule has 1 aliphatic rings. The van der Waals surface area contributed by atoms with E-state index in [0.717, 1.165) is 13.0 Å². The van der Waals surface area contributed by atoms with Crippen molar-refractivity contribution in [1.82, 2.24) is 5.32 Å². The fraction of sp³-hybridized carbons (Fsp3) is 0.938. The second kappa shape index (κ2) is 6.74. The zero-order valence-corrected chi connectivity index (χ0v) is 13.2. The van der Waals surface area contributed by atoms with Gasteiger partial charge in [0, 0.05) is 13.1 Å². The summed E-state index contributed by atoms with van der Waals surface area (Å²) in [6.07, 6.45) is 7.27. The van der Waals surface area contributed by atoms with E-state index in [9.17, 15) is 4.79 Å². The first kappa shape index (κ1) is 16.5. The van der Waals surface area contributed by atoms with Crippen LogP contribution in [-0.2, 0) is 4.79 Å². The number of carbonyl (C=O) groups excluding carboxylic acids is 1. The van der Waals surface area contributed by atoms with Gasteiger partial charge in [0.2, 0.25) is 5.91 Å². The second-order valence-electron chi connectivity index (χ2n) is 7.79. The maximum atomic E-state index is 12.2. The SMILES string of the molecule is CC(C)(C)CC(CN)C(=O)NCC1(C)CCCCC1. The van der Waals surface area contributed by atoms with Gasteiger partial charge < -0.3 is 11.1 Å². The Kier molecular flexibility index (Phi) is 5.84. The van der Waals surface area contributed by atoms with Gasteiger partial charge in [-0.2, -0.15) is 0 Å². The normalized spacial score (nSPS) is 20.9. The van der Waals surface area contributed by atoms with Crippen LogP contribution in [0.25, 0.3) is 0 Å². The van der Waals surface area contributed by atoms with Gasteiger partial charge >= 0.3 is 0 Å². The molecule has 3 nitrogen and oxygen atoms in total. The van der Waals surface area contributed by atoms with Crippen LogP contribution >= 0.6 is 0 Å². The molecule has 0 bridgehead atoms.